The second kappa shape index (κ2) is 9.23. The van der Waals surface area contributed by atoms with E-state index < -0.39 is 0 Å². The summed E-state index contributed by atoms with van der Waals surface area (Å²) in [6.45, 7) is 7.88. The van der Waals surface area contributed by atoms with Crippen molar-refractivity contribution in [1.82, 2.24) is 0 Å². The summed E-state index contributed by atoms with van der Waals surface area (Å²) in [4.78, 5) is 23.8. The third kappa shape index (κ3) is 5.88. The zero-order valence-electron chi connectivity index (χ0n) is 14.1. The smallest absolute Gasteiger partial charge is 0.227 e. The van der Waals surface area contributed by atoms with E-state index in [9.17, 15) is 9.59 Å². The molecule has 0 saturated carbocycles. The molecule has 4 nitrogen and oxygen atoms in total. The monoisotopic (exact) mass is 304 g/mol. The first-order chi connectivity index (χ1) is 10.5. The largest absolute Gasteiger partial charge is 0.326 e. The molecule has 0 aliphatic rings. The molecule has 1 aromatic carbocycles. The van der Waals surface area contributed by atoms with Gasteiger partial charge in [0.1, 0.15) is 0 Å². The summed E-state index contributed by atoms with van der Waals surface area (Å²) in [5, 5.41) is 5.79. The fourth-order valence-corrected chi connectivity index (χ4v) is 2.14. The predicted octanol–water partition coefficient (Wildman–Crippen LogP) is 4.44. The van der Waals surface area contributed by atoms with Crippen LogP contribution in [0.1, 0.15) is 53.4 Å². The van der Waals surface area contributed by atoms with Crippen molar-refractivity contribution in [3.8, 4) is 0 Å². The fraction of sp³-hybridized carbons (Fsp3) is 0.556. The highest BCUT2D eigenvalue weighted by Gasteiger charge is 2.15. The van der Waals surface area contributed by atoms with E-state index in [1.54, 1.807) is 0 Å². The number of nitrogens with one attached hydrogen (secondary N) is 2. The minimum absolute atomic E-state index is 0.0117. The number of rotatable bonds is 8. The number of unbranched alkanes of at least 4 members (excludes halogenated alkanes) is 1. The summed E-state index contributed by atoms with van der Waals surface area (Å²) < 4.78 is 0. The minimum Gasteiger partial charge on any atom is -0.326 e. The molecular weight excluding hydrogens is 276 g/mol. The Morgan fingerprint density at radius 1 is 0.955 bits per heavy atom. The van der Waals surface area contributed by atoms with Gasteiger partial charge in [0.15, 0.2) is 0 Å². The van der Waals surface area contributed by atoms with Crippen LogP contribution in [0.2, 0.25) is 0 Å². The first-order valence-electron chi connectivity index (χ1n) is 8.19. The first-order valence-corrected chi connectivity index (χ1v) is 8.19. The Balaban J connectivity index is 2.59. The lowest BCUT2D eigenvalue weighted by atomic mass is 9.98. The maximum Gasteiger partial charge on any atom is 0.227 e. The van der Waals surface area contributed by atoms with Crippen LogP contribution in [-0.4, -0.2) is 11.8 Å². The summed E-state index contributed by atoms with van der Waals surface area (Å²) in [5.74, 6) is 0.0841. The molecule has 22 heavy (non-hydrogen) atoms. The Morgan fingerprint density at radius 3 is 1.86 bits per heavy atom. The van der Waals surface area contributed by atoms with Gasteiger partial charge in [-0.3, -0.25) is 9.59 Å². The van der Waals surface area contributed by atoms with Crippen molar-refractivity contribution in [2.45, 2.75) is 53.4 Å². The summed E-state index contributed by atoms with van der Waals surface area (Å²) in [7, 11) is 0. The van der Waals surface area contributed by atoms with E-state index in [2.05, 4.69) is 17.6 Å². The molecule has 0 fully saturated rings. The van der Waals surface area contributed by atoms with Gasteiger partial charge in [-0.25, -0.2) is 0 Å². The number of amides is 2. The lowest BCUT2D eigenvalue weighted by Gasteiger charge is -2.15. The SMILES string of the molecule is CCCCC(CC)C(=O)Nc1ccc(NC(=O)C(C)C)cc1. The van der Waals surface area contributed by atoms with Gasteiger partial charge in [0.25, 0.3) is 0 Å². The molecule has 122 valence electrons. The number of hydrogen-bond donors (Lipinski definition) is 2. The summed E-state index contributed by atoms with van der Waals surface area (Å²) in [5.41, 5.74) is 1.51. The molecule has 0 bridgehead atoms. The molecule has 1 atom stereocenters. The molecular formula is C18H28N2O2. The molecule has 1 rings (SSSR count). The summed E-state index contributed by atoms with van der Waals surface area (Å²) >= 11 is 0. The lowest BCUT2D eigenvalue weighted by Crippen LogP contribution is -2.22. The van der Waals surface area contributed by atoms with Crippen LogP contribution in [0.5, 0.6) is 0 Å². The second-order valence-electron chi connectivity index (χ2n) is 5.96. The Hall–Kier alpha value is -1.84. The van der Waals surface area contributed by atoms with Crippen molar-refractivity contribution in [3.05, 3.63) is 24.3 Å². The van der Waals surface area contributed by atoms with Crippen LogP contribution in [-0.2, 0) is 9.59 Å². The van der Waals surface area contributed by atoms with Crippen molar-refractivity contribution in [2.24, 2.45) is 11.8 Å². The zero-order chi connectivity index (χ0) is 16.5. The van der Waals surface area contributed by atoms with Gasteiger partial charge in [0.05, 0.1) is 0 Å². The van der Waals surface area contributed by atoms with E-state index in [4.69, 9.17) is 0 Å². The van der Waals surface area contributed by atoms with Gasteiger partial charge in [-0.1, -0.05) is 40.5 Å². The average Bonchev–Trinajstić information content (AvgIpc) is 2.49. The summed E-state index contributed by atoms with van der Waals surface area (Å²) in [6.07, 6.45) is 3.97. The van der Waals surface area contributed by atoms with Crippen molar-refractivity contribution in [2.75, 3.05) is 10.6 Å². The molecule has 0 aliphatic carbocycles. The number of carbonyl (C=O) groups excluding carboxylic acids is 2. The Labute approximate surface area is 133 Å². The molecule has 0 radical (unpaired) electrons. The van der Waals surface area contributed by atoms with Crippen LogP contribution in [0.3, 0.4) is 0 Å². The van der Waals surface area contributed by atoms with Gasteiger partial charge >= 0.3 is 0 Å². The van der Waals surface area contributed by atoms with E-state index in [1.807, 2.05) is 45.0 Å². The van der Waals surface area contributed by atoms with Gasteiger partial charge in [-0.15, -0.1) is 0 Å². The van der Waals surface area contributed by atoms with Crippen molar-refractivity contribution < 1.29 is 9.59 Å². The highest BCUT2D eigenvalue weighted by Crippen LogP contribution is 2.18. The van der Waals surface area contributed by atoms with E-state index >= 15 is 0 Å². The number of anilines is 2. The number of carbonyl (C=O) groups is 2. The first kappa shape index (κ1) is 18.2. The molecule has 0 saturated heterocycles. The maximum absolute atomic E-state index is 12.2. The molecule has 2 N–H and O–H groups in total. The minimum atomic E-state index is -0.0525. The van der Waals surface area contributed by atoms with Crippen LogP contribution in [0.25, 0.3) is 0 Å². The maximum atomic E-state index is 12.2. The average molecular weight is 304 g/mol. The molecule has 0 spiro atoms. The Bertz CT molecular complexity index is 480. The standard InChI is InChI=1S/C18H28N2O2/c1-5-7-8-14(6-2)18(22)20-16-11-9-15(10-12-16)19-17(21)13(3)4/h9-14H,5-8H2,1-4H3,(H,19,21)(H,20,22). The fourth-order valence-electron chi connectivity index (χ4n) is 2.14. The Kier molecular flexibility index (Phi) is 7.64. The van der Waals surface area contributed by atoms with Crippen molar-refractivity contribution in [1.29, 1.82) is 0 Å². The molecule has 1 unspecified atom stereocenters. The van der Waals surface area contributed by atoms with Gasteiger partial charge in [-0.05, 0) is 37.1 Å². The second-order valence-corrected chi connectivity index (χ2v) is 5.96. The van der Waals surface area contributed by atoms with E-state index in [1.165, 1.54) is 0 Å². The van der Waals surface area contributed by atoms with Crippen LogP contribution >= 0.6 is 0 Å². The summed E-state index contributed by atoms with van der Waals surface area (Å²) in [6, 6.07) is 7.26. The normalized spacial score (nSPS) is 12.0. The van der Waals surface area contributed by atoms with Gasteiger partial charge < -0.3 is 10.6 Å². The van der Waals surface area contributed by atoms with Crippen molar-refractivity contribution >= 4 is 23.2 Å². The van der Waals surface area contributed by atoms with E-state index in [0.717, 1.165) is 37.1 Å². The third-order valence-corrected chi connectivity index (χ3v) is 3.71. The number of hydrogen-bond acceptors (Lipinski definition) is 2. The van der Waals surface area contributed by atoms with E-state index in [-0.39, 0.29) is 23.7 Å². The molecule has 0 aromatic heterocycles. The highest BCUT2D eigenvalue weighted by molar-refractivity contribution is 5.94. The van der Waals surface area contributed by atoms with Gasteiger partial charge in [0, 0.05) is 23.2 Å². The zero-order valence-corrected chi connectivity index (χ0v) is 14.1. The van der Waals surface area contributed by atoms with Crippen LogP contribution in [0, 0.1) is 11.8 Å². The molecule has 4 heteroatoms. The molecule has 2 amide bonds. The van der Waals surface area contributed by atoms with Crippen LogP contribution in [0.15, 0.2) is 24.3 Å². The molecule has 0 heterocycles. The Morgan fingerprint density at radius 2 is 1.45 bits per heavy atom. The van der Waals surface area contributed by atoms with Crippen LogP contribution in [0.4, 0.5) is 11.4 Å². The van der Waals surface area contributed by atoms with Crippen LogP contribution < -0.4 is 10.6 Å². The highest BCUT2D eigenvalue weighted by atomic mass is 16.2. The van der Waals surface area contributed by atoms with Gasteiger partial charge in [-0.2, -0.15) is 0 Å². The number of benzene rings is 1. The topological polar surface area (TPSA) is 58.2 Å². The molecule has 0 aliphatic heterocycles. The van der Waals surface area contributed by atoms with Crippen molar-refractivity contribution in [3.63, 3.8) is 0 Å². The lowest BCUT2D eigenvalue weighted by molar-refractivity contribution is -0.120. The van der Waals surface area contributed by atoms with Gasteiger partial charge in [0.2, 0.25) is 11.8 Å². The quantitative estimate of drug-likeness (QED) is 0.746. The predicted molar refractivity (Wildman–Crippen MR) is 91.8 cm³/mol. The van der Waals surface area contributed by atoms with E-state index in [0.29, 0.717) is 0 Å². The molecule has 1 aromatic rings. The third-order valence-electron chi connectivity index (χ3n) is 3.71.